The highest BCUT2D eigenvalue weighted by Crippen LogP contribution is 2.22. The van der Waals surface area contributed by atoms with E-state index in [1.807, 2.05) is 13.8 Å². The molecule has 0 heterocycles. The third-order valence-corrected chi connectivity index (χ3v) is 2.77. The van der Waals surface area contributed by atoms with Crippen molar-refractivity contribution in [3.8, 4) is 11.8 Å². The molecule has 0 fully saturated rings. The zero-order valence-electron chi connectivity index (χ0n) is 12.2. The number of rotatable bonds is 6. The first kappa shape index (κ1) is 16.4. The first-order chi connectivity index (χ1) is 9.25. The van der Waals surface area contributed by atoms with Gasteiger partial charge < -0.3 is 4.74 Å². The van der Waals surface area contributed by atoms with E-state index in [0.717, 1.165) is 12.1 Å². The molecule has 1 aromatic rings. The number of benzene rings is 1. The second-order valence-corrected chi connectivity index (χ2v) is 5.45. The van der Waals surface area contributed by atoms with Crippen molar-refractivity contribution in [3.05, 3.63) is 29.8 Å². The number of hydrogen-bond acceptors (Lipinski definition) is 3. The van der Waals surface area contributed by atoms with Gasteiger partial charge in [0.1, 0.15) is 11.4 Å². The molecule has 2 unspecified atom stereocenters. The van der Waals surface area contributed by atoms with Crippen LogP contribution >= 0.6 is 0 Å². The Hall–Kier alpha value is -1.67. The molecule has 110 valence electrons. The van der Waals surface area contributed by atoms with Crippen LogP contribution in [0.3, 0.4) is 0 Å². The minimum atomic E-state index is -0.760. The van der Waals surface area contributed by atoms with Gasteiger partial charge in [-0.15, -0.1) is 0 Å². The van der Waals surface area contributed by atoms with Crippen LogP contribution in [-0.4, -0.2) is 17.7 Å². The molecule has 0 saturated carbocycles. The average Bonchev–Trinajstić information content (AvgIpc) is 2.31. The highest BCUT2D eigenvalue weighted by molar-refractivity contribution is 5.25. The molecule has 0 saturated heterocycles. The molecular weight excluding hydrogens is 262 g/mol. The minimum Gasteiger partial charge on any atom is -0.488 e. The second-order valence-electron chi connectivity index (χ2n) is 5.45. The monoisotopic (exact) mass is 282 g/mol. The maximum absolute atomic E-state index is 13.5. The van der Waals surface area contributed by atoms with Gasteiger partial charge in [0.2, 0.25) is 0 Å². The number of halogens is 2. The summed E-state index contributed by atoms with van der Waals surface area (Å²) in [4.78, 5) is 0. The first-order valence-corrected chi connectivity index (χ1v) is 6.56. The largest absolute Gasteiger partial charge is 0.488 e. The van der Waals surface area contributed by atoms with Crippen LogP contribution in [-0.2, 0) is 0 Å². The van der Waals surface area contributed by atoms with Crippen LogP contribution < -0.4 is 10.1 Å². The molecule has 5 heteroatoms. The SMILES string of the molecule is CC(C)NC(C)(C#N)CC(C)Oc1ccc(F)cc1F. The van der Waals surface area contributed by atoms with E-state index in [2.05, 4.69) is 11.4 Å². The predicted octanol–water partition coefficient (Wildman–Crippen LogP) is 3.40. The summed E-state index contributed by atoms with van der Waals surface area (Å²) in [6.45, 7) is 7.41. The van der Waals surface area contributed by atoms with E-state index in [-0.39, 0.29) is 17.9 Å². The Balaban J connectivity index is 2.71. The van der Waals surface area contributed by atoms with E-state index in [1.54, 1.807) is 13.8 Å². The lowest BCUT2D eigenvalue weighted by molar-refractivity contribution is 0.169. The van der Waals surface area contributed by atoms with Gasteiger partial charge in [-0.2, -0.15) is 5.26 Å². The van der Waals surface area contributed by atoms with Gasteiger partial charge in [-0.3, -0.25) is 5.32 Å². The van der Waals surface area contributed by atoms with Crippen molar-refractivity contribution in [2.75, 3.05) is 0 Å². The molecule has 0 aliphatic heterocycles. The van der Waals surface area contributed by atoms with Gasteiger partial charge in [-0.05, 0) is 39.8 Å². The van der Waals surface area contributed by atoms with E-state index in [1.165, 1.54) is 6.07 Å². The lowest BCUT2D eigenvalue weighted by Gasteiger charge is -2.29. The molecule has 3 nitrogen and oxygen atoms in total. The number of nitrogens with one attached hydrogen (secondary N) is 1. The summed E-state index contributed by atoms with van der Waals surface area (Å²) in [6, 6.07) is 5.52. The smallest absolute Gasteiger partial charge is 0.167 e. The lowest BCUT2D eigenvalue weighted by atomic mass is 9.95. The third kappa shape index (κ3) is 4.78. The Morgan fingerprint density at radius 1 is 1.35 bits per heavy atom. The summed E-state index contributed by atoms with van der Waals surface area (Å²) in [5.74, 6) is -1.40. The lowest BCUT2D eigenvalue weighted by Crippen LogP contribution is -2.47. The molecule has 0 radical (unpaired) electrons. The molecule has 0 spiro atoms. The summed E-state index contributed by atoms with van der Waals surface area (Å²) in [6.07, 6.45) is 0.00394. The molecule has 0 aromatic heterocycles. The van der Waals surface area contributed by atoms with Gasteiger partial charge >= 0.3 is 0 Å². The summed E-state index contributed by atoms with van der Waals surface area (Å²) in [7, 11) is 0. The molecule has 1 rings (SSSR count). The van der Waals surface area contributed by atoms with Crippen LogP contribution in [0.4, 0.5) is 8.78 Å². The highest BCUT2D eigenvalue weighted by atomic mass is 19.1. The van der Waals surface area contributed by atoms with Crippen molar-refractivity contribution in [1.29, 1.82) is 5.26 Å². The fourth-order valence-corrected chi connectivity index (χ4v) is 2.18. The van der Waals surface area contributed by atoms with Crippen LogP contribution in [0.25, 0.3) is 0 Å². The Labute approximate surface area is 118 Å². The molecule has 0 amide bonds. The maximum atomic E-state index is 13.5. The molecule has 1 aromatic carbocycles. The zero-order valence-corrected chi connectivity index (χ0v) is 12.2. The van der Waals surface area contributed by atoms with Crippen LogP contribution in [0.2, 0.25) is 0 Å². The Morgan fingerprint density at radius 3 is 2.50 bits per heavy atom. The molecular formula is C15H20F2N2O. The number of ether oxygens (including phenoxy) is 1. The molecule has 2 atom stereocenters. The minimum absolute atomic E-state index is 0.0104. The van der Waals surface area contributed by atoms with E-state index in [9.17, 15) is 14.0 Å². The quantitative estimate of drug-likeness (QED) is 0.869. The Morgan fingerprint density at radius 2 is 2.00 bits per heavy atom. The van der Waals surface area contributed by atoms with Gasteiger partial charge in [-0.25, -0.2) is 8.78 Å². The summed E-state index contributed by atoms with van der Waals surface area (Å²) < 4.78 is 31.7. The summed E-state index contributed by atoms with van der Waals surface area (Å²) in [5, 5.41) is 12.4. The van der Waals surface area contributed by atoms with Crippen molar-refractivity contribution in [2.24, 2.45) is 0 Å². The Kier molecular flexibility index (Phi) is 5.46. The van der Waals surface area contributed by atoms with Gasteiger partial charge in [0, 0.05) is 18.5 Å². The number of nitrogens with zero attached hydrogens (tertiary/aromatic N) is 1. The van der Waals surface area contributed by atoms with E-state index in [0.29, 0.717) is 6.42 Å². The molecule has 0 bridgehead atoms. The van der Waals surface area contributed by atoms with Crippen molar-refractivity contribution in [2.45, 2.75) is 51.8 Å². The van der Waals surface area contributed by atoms with Crippen molar-refractivity contribution in [3.63, 3.8) is 0 Å². The molecule has 0 aliphatic carbocycles. The maximum Gasteiger partial charge on any atom is 0.167 e. The van der Waals surface area contributed by atoms with Crippen molar-refractivity contribution in [1.82, 2.24) is 5.32 Å². The summed E-state index contributed by atoms with van der Waals surface area (Å²) in [5.41, 5.74) is -0.760. The third-order valence-electron chi connectivity index (χ3n) is 2.77. The standard InChI is InChI=1S/C15H20F2N2O/c1-10(2)19-15(4,9-18)8-11(3)20-14-6-5-12(16)7-13(14)17/h5-7,10-11,19H,8H2,1-4H3. The molecule has 1 N–H and O–H groups in total. The topological polar surface area (TPSA) is 45.0 Å². The van der Waals surface area contributed by atoms with Gasteiger partial charge in [0.15, 0.2) is 11.6 Å². The number of nitriles is 1. The van der Waals surface area contributed by atoms with Gasteiger partial charge in [0.05, 0.1) is 12.2 Å². The van der Waals surface area contributed by atoms with Crippen molar-refractivity contribution < 1.29 is 13.5 Å². The van der Waals surface area contributed by atoms with E-state index in [4.69, 9.17) is 4.74 Å². The van der Waals surface area contributed by atoms with Crippen LogP contribution in [0.1, 0.15) is 34.1 Å². The van der Waals surface area contributed by atoms with Crippen molar-refractivity contribution >= 4 is 0 Å². The van der Waals surface area contributed by atoms with E-state index < -0.39 is 17.2 Å². The van der Waals surface area contributed by atoms with Crippen LogP contribution in [0, 0.1) is 23.0 Å². The van der Waals surface area contributed by atoms with Crippen LogP contribution in [0.5, 0.6) is 5.75 Å². The average molecular weight is 282 g/mol. The van der Waals surface area contributed by atoms with Crippen LogP contribution in [0.15, 0.2) is 18.2 Å². The highest BCUT2D eigenvalue weighted by Gasteiger charge is 2.28. The first-order valence-electron chi connectivity index (χ1n) is 6.56. The van der Waals surface area contributed by atoms with E-state index >= 15 is 0 Å². The fourth-order valence-electron chi connectivity index (χ4n) is 2.18. The number of hydrogen-bond donors (Lipinski definition) is 1. The van der Waals surface area contributed by atoms with Gasteiger partial charge in [0.25, 0.3) is 0 Å². The normalized spacial score (nSPS) is 15.5. The Bertz CT molecular complexity index is 499. The fraction of sp³-hybridized carbons (Fsp3) is 0.533. The second kappa shape index (κ2) is 6.67. The summed E-state index contributed by atoms with van der Waals surface area (Å²) >= 11 is 0. The molecule has 0 aliphatic rings. The van der Waals surface area contributed by atoms with Gasteiger partial charge in [-0.1, -0.05) is 0 Å². The zero-order chi connectivity index (χ0) is 15.3. The predicted molar refractivity (Wildman–Crippen MR) is 73.4 cm³/mol. The molecule has 20 heavy (non-hydrogen) atoms.